The molecule has 0 saturated heterocycles. The van der Waals surface area contributed by atoms with Crippen LogP contribution >= 0.6 is 0 Å². The van der Waals surface area contributed by atoms with Crippen molar-refractivity contribution in [3.63, 3.8) is 0 Å². The molecule has 0 atom stereocenters. The molecule has 0 bridgehead atoms. The molecule has 1 aromatic carbocycles. The predicted octanol–water partition coefficient (Wildman–Crippen LogP) is 2.76. The molecule has 1 aliphatic rings. The van der Waals surface area contributed by atoms with Gasteiger partial charge in [-0.1, -0.05) is 6.07 Å². The van der Waals surface area contributed by atoms with Crippen molar-refractivity contribution in [3.05, 3.63) is 62.6 Å². The van der Waals surface area contributed by atoms with Crippen LogP contribution in [0.3, 0.4) is 0 Å². The van der Waals surface area contributed by atoms with Gasteiger partial charge >= 0.3 is 0 Å². The Labute approximate surface area is 145 Å². The van der Waals surface area contributed by atoms with E-state index < -0.39 is 0 Å². The summed E-state index contributed by atoms with van der Waals surface area (Å²) in [6.07, 6.45) is 2.89. The summed E-state index contributed by atoms with van der Waals surface area (Å²) in [5.74, 6) is 0.871. The summed E-state index contributed by atoms with van der Waals surface area (Å²) in [6.45, 7) is 6.16. The smallest absolute Gasteiger partial charge is 0.267 e. The Balaban J connectivity index is 1.86. The third-order valence-corrected chi connectivity index (χ3v) is 4.80. The zero-order chi connectivity index (χ0) is 17.6. The van der Waals surface area contributed by atoms with Gasteiger partial charge in [0.05, 0.1) is 5.69 Å². The van der Waals surface area contributed by atoms with Gasteiger partial charge in [-0.05, 0) is 61.4 Å². The molecular weight excluding hydrogens is 316 g/mol. The molecule has 0 fully saturated rings. The SMILES string of the molecule is Cc1nnc(Cn2nc3c(cc2=O)CCCc2cc(C)c(C)cc2-3)o1. The minimum absolute atomic E-state index is 0.137. The van der Waals surface area contributed by atoms with Crippen molar-refractivity contribution in [1.29, 1.82) is 0 Å². The zero-order valence-corrected chi connectivity index (χ0v) is 14.7. The van der Waals surface area contributed by atoms with Gasteiger partial charge in [0.2, 0.25) is 11.8 Å². The van der Waals surface area contributed by atoms with Crippen LogP contribution in [-0.2, 0) is 19.4 Å². The van der Waals surface area contributed by atoms with Crippen molar-refractivity contribution in [2.24, 2.45) is 0 Å². The Hall–Kier alpha value is -2.76. The highest BCUT2D eigenvalue weighted by atomic mass is 16.4. The maximum Gasteiger partial charge on any atom is 0.267 e. The van der Waals surface area contributed by atoms with E-state index in [9.17, 15) is 4.79 Å². The number of aryl methyl sites for hydroxylation is 5. The highest BCUT2D eigenvalue weighted by Crippen LogP contribution is 2.32. The van der Waals surface area contributed by atoms with Crippen LogP contribution in [0, 0.1) is 20.8 Å². The van der Waals surface area contributed by atoms with Crippen LogP contribution in [0.15, 0.2) is 27.4 Å². The van der Waals surface area contributed by atoms with E-state index in [1.165, 1.54) is 21.4 Å². The van der Waals surface area contributed by atoms with Crippen LogP contribution in [0.25, 0.3) is 11.3 Å². The molecule has 2 heterocycles. The van der Waals surface area contributed by atoms with Crippen molar-refractivity contribution in [1.82, 2.24) is 20.0 Å². The van der Waals surface area contributed by atoms with Gasteiger partial charge in [0.25, 0.3) is 5.56 Å². The summed E-state index contributed by atoms with van der Waals surface area (Å²) >= 11 is 0. The quantitative estimate of drug-likeness (QED) is 0.719. The summed E-state index contributed by atoms with van der Waals surface area (Å²) in [6, 6.07) is 6.14. The second-order valence-electron chi connectivity index (χ2n) is 6.68. The molecule has 0 amide bonds. The first kappa shape index (κ1) is 15.7. The molecule has 128 valence electrons. The monoisotopic (exact) mass is 336 g/mol. The van der Waals surface area contributed by atoms with E-state index >= 15 is 0 Å². The molecule has 0 unspecified atom stereocenters. The summed E-state index contributed by atoms with van der Waals surface area (Å²) in [5, 5.41) is 12.4. The lowest BCUT2D eigenvalue weighted by molar-refractivity contribution is 0.438. The average Bonchev–Trinajstić information content (AvgIpc) is 2.90. The maximum atomic E-state index is 12.5. The van der Waals surface area contributed by atoms with Crippen molar-refractivity contribution < 1.29 is 4.42 Å². The number of rotatable bonds is 2. The molecule has 0 N–H and O–H groups in total. The van der Waals surface area contributed by atoms with Gasteiger partial charge in [0.1, 0.15) is 6.54 Å². The lowest BCUT2D eigenvalue weighted by Crippen LogP contribution is -2.24. The number of hydrogen-bond donors (Lipinski definition) is 0. The molecule has 6 nitrogen and oxygen atoms in total. The Bertz CT molecular complexity index is 1020. The predicted molar refractivity (Wildman–Crippen MR) is 93.6 cm³/mol. The largest absolute Gasteiger partial charge is 0.424 e. The topological polar surface area (TPSA) is 73.8 Å². The molecular formula is C19H20N4O2. The molecule has 0 saturated carbocycles. The van der Waals surface area contributed by atoms with Crippen molar-refractivity contribution in [2.75, 3.05) is 0 Å². The molecule has 25 heavy (non-hydrogen) atoms. The molecule has 0 radical (unpaired) electrons. The lowest BCUT2D eigenvalue weighted by atomic mass is 9.96. The minimum atomic E-state index is -0.137. The standard InChI is InChI=1S/C19H20N4O2/c1-11-7-14-5-4-6-15-9-18(24)23(10-17-21-20-13(3)25-17)22-19(15)16(14)8-12(11)2/h7-9H,4-6,10H2,1-3H3. The average molecular weight is 336 g/mol. The van der Waals surface area contributed by atoms with E-state index in [1.807, 2.05) is 0 Å². The molecule has 0 aliphatic heterocycles. The molecule has 4 rings (SSSR count). The van der Waals surface area contributed by atoms with Crippen molar-refractivity contribution >= 4 is 0 Å². The van der Waals surface area contributed by atoms with Gasteiger partial charge in [0.15, 0.2) is 0 Å². The Morgan fingerprint density at radius 3 is 2.56 bits per heavy atom. The first-order valence-electron chi connectivity index (χ1n) is 8.52. The summed E-state index contributed by atoms with van der Waals surface area (Å²) in [7, 11) is 0. The molecule has 1 aliphatic carbocycles. The van der Waals surface area contributed by atoms with Gasteiger partial charge in [0, 0.05) is 18.6 Å². The second-order valence-corrected chi connectivity index (χ2v) is 6.68. The fraction of sp³-hybridized carbons (Fsp3) is 0.368. The fourth-order valence-corrected chi connectivity index (χ4v) is 3.36. The number of benzene rings is 1. The maximum absolute atomic E-state index is 12.5. The number of aromatic nitrogens is 4. The van der Waals surface area contributed by atoms with Crippen LogP contribution in [0.5, 0.6) is 0 Å². The van der Waals surface area contributed by atoms with Gasteiger partial charge in [-0.15, -0.1) is 10.2 Å². The van der Waals surface area contributed by atoms with Crippen LogP contribution in [-0.4, -0.2) is 20.0 Å². The van der Waals surface area contributed by atoms with E-state index in [-0.39, 0.29) is 12.1 Å². The molecule has 3 aromatic rings. The minimum Gasteiger partial charge on any atom is -0.424 e. The summed E-state index contributed by atoms with van der Waals surface area (Å²) < 4.78 is 6.81. The second kappa shape index (κ2) is 5.95. The number of hydrogen-bond acceptors (Lipinski definition) is 5. The first-order valence-corrected chi connectivity index (χ1v) is 8.52. The van der Waals surface area contributed by atoms with E-state index in [1.54, 1.807) is 13.0 Å². The molecule has 0 spiro atoms. The van der Waals surface area contributed by atoms with Crippen molar-refractivity contribution in [3.8, 4) is 11.3 Å². The Morgan fingerprint density at radius 1 is 1.04 bits per heavy atom. The Morgan fingerprint density at radius 2 is 1.80 bits per heavy atom. The Kier molecular flexibility index (Phi) is 3.75. The van der Waals surface area contributed by atoms with E-state index in [2.05, 4.69) is 41.3 Å². The van der Waals surface area contributed by atoms with Crippen LogP contribution in [0.1, 0.15) is 40.5 Å². The number of nitrogens with zero attached hydrogens (tertiary/aromatic N) is 4. The number of fused-ring (bicyclic) bond motifs is 3. The van der Waals surface area contributed by atoms with E-state index in [0.29, 0.717) is 11.8 Å². The van der Waals surface area contributed by atoms with E-state index in [4.69, 9.17) is 4.42 Å². The van der Waals surface area contributed by atoms with Gasteiger partial charge in [-0.2, -0.15) is 5.10 Å². The third kappa shape index (κ3) is 2.88. The van der Waals surface area contributed by atoms with Crippen LogP contribution in [0.2, 0.25) is 0 Å². The van der Waals surface area contributed by atoms with Gasteiger partial charge in [-0.25, -0.2) is 4.68 Å². The summed E-state index contributed by atoms with van der Waals surface area (Å²) in [5.41, 5.74) is 6.73. The highest BCUT2D eigenvalue weighted by molar-refractivity contribution is 5.69. The fourth-order valence-electron chi connectivity index (χ4n) is 3.36. The zero-order valence-electron chi connectivity index (χ0n) is 14.7. The molecule has 2 aromatic heterocycles. The van der Waals surface area contributed by atoms with Gasteiger partial charge < -0.3 is 4.42 Å². The molecule has 6 heteroatoms. The first-order chi connectivity index (χ1) is 12.0. The van der Waals surface area contributed by atoms with Gasteiger partial charge in [-0.3, -0.25) is 4.79 Å². The normalized spacial score (nSPS) is 13.2. The van der Waals surface area contributed by atoms with E-state index in [0.717, 1.165) is 36.1 Å². The van der Waals surface area contributed by atoms with Crippen LogP contribution < -0.4 is 5.56 Å². The lowest BCUT2D eigenvalue weighted by Gasteiger charge is -2.13. The van der Waals surface area contributed by atoms with Crippen molar-refractivity contribution in [2.45, 2.75) is 46.6 Å². The summed E-state index contributed by atoms with van der Waals surface area (Å²) in [4.78, 5) is 12.5. The van der Waals surface area contributed by atoms with Crippen LogP contribution in [0.4, 0.5) is 0 Å². The highest BCUT2D eigenvalue weighted by Gasteiger charge is 2.19. The third-order valence-electron chi connectivity index (χ3n) is 4.80.